The molecule has 1 aliphatic rings. The number of hydrogen-bond donors (Lipinski definition) is 0. The second-order valence-corrected chi connectivity index (χ2v) is 4.57. The van der Waals surface area contributed by atoms with Gasteiger partial charge in [-0.2, -0.15) is 0 Å². The molecule has 1 fully saturated rings. The van der Waals surface area contributed by atoms with Gasteiger partial charge in [0, 0.05) is 0 Å². The van der Waals surface area contributed by atoms with Crippen LogP contribution in [0.5, 0.6) is 0 Å². The Morgan fingerprint density at radius 2 is 2.06 bits per heavy atom. The SMILES string of the molecule is O=C(OCc1cccc(F)c1)C1CCCCC1. The smallest absolute Gasteiger partial charge is 0.309 e. The molecule has 0 radical (unpaired) electrons. The van der Waals surface area contributed by atoms with Gasteiger partial charge in [0.05, 0.1) is 5.92 Å². The molecular weight excluding hydrogens is 219 g/mol. The molecule has 0 amide bonds. The lowest BCUT2D eigenvalue weighted by Gasteiger charge is -2.19. The average Bonchev–Trinajstić information content (AvgIpc) is 2.37. The number of halogens is 1. The van der Waals surface area contributed by atoms with E-state index < -0.39 is 0 Å². The van der Waals surface area contributed by atoms with E-state index in [-0.39, 0.29) is 24.3 Å². The Morgan fingerprint density at radius 1 is 1.29 bits per heavy atom. The van der Waals surface area contributed by atoms with E-state index in [0.717, 1.165) is 25.7 Å². The summed E-state index contributed by atoms with van der Waals surface area (Å²) in [5.74, 6) is -0.373. The summed E-state index contributed by atoms with van der Waals surface area (Å²) in [7, 11) is 0. The minimum absolute atomic E-state index is 0.0531. The fraction of sp³-hybridized carbons (Fsp3) is 0.500. The van der Waals surface area contributed by atoms with Crippen LogP contribution < -0.4 is 0 Å². The van der Waals surface area contributed by atoms with E-state index in [9.17, 15) is 9.18 Å². The Bertz CT molecular complexity index is 384. The molecule has 3 heteroatoms. The van der Waals surface area contributed by atoms with Crippen molar-refractivity contribution in [2.24, 2.45) is 5.92 Å². The van der Waals surface area contributed by atoms with Crippen LogP contribution in [0.2, 0.25) is 0 Å². The van der Waals surface area contributed by atoms with Crippen LogP contribution in [-0.4, -0.2) is 5.97 Å². The number of hydrogen-bond acceptors (Lipinski definition) is 2. The molecule has 1 aromatic carbocycles. The van der Waals surface area contributed by atoms with Gasteiger partial charge in [-0.05, 0) is 30.5 Å². The monoisotopic (exact) mass is 236 g/mol. The summed E-state index contributed by atoms with van der Waals surface area (Å²) < 4.78 is 18.1. The highest BCUT2D eigenvalue weighted by Gasteiger charge is 2.22. The maximum Gasteiger partial charge on any atom is 0.309 e. The molecule has 0 atom stereocenters. The molecule has 0 unspecified atom stereocenters. The van der Waals surface area contributed by atoms with Crippen LogP contribution in [0.25, 0.3) is 0 Å². The van der Waals surface area contributed by atoms with Crippen molar-refractivity contribution in [1.29, 1.82) is 0 Å². The van der Waals surface area contributed by atoms with Crippen LogP contribution in [0, 0.1) is 11.7 Å². The Hall–Kier alpha value is -1.38. The minimum atomic E-state index is -0.295. The van der Waals surface area contributed by atoms with E-state index in [1.807, 2.05) is 0 Å². The zero-order valence-corrected chi connectivity index (χ0v) is 9.82. The highest BCUT2D eigenvalue weighted by atomic mass is 19.1. The highest BCUT2D eigenvalue weighted by Crippen LogP contribution is 2.24. The zero-order valence-electron chi connectivity index (χ0n) is 9.82. The summed E-state index contributed by atoms with van der Waals surface area (Å²) in [6.45, 7) is 0.174. The van der Waals surface area contributed by atoms with Gasteiger partial charge in [0.1, 0.15) is 12.4 Å². The minimum Gasteiger partial charge on any atom is -0.461 e. The molecule has 0 bridgehead atoms. The fourth-order valence-electron chi connectivity index (χ4n) is 2.24. The van der Waals surface area contributed by atoms with E-state index in [2.05, 4.69) is 0 Å². The predicted octanol–water partition coefficient (Wildman–Crippen LogP) is 3.45. The van der Waals surface area contributed by atoms with E-state index in [1.165, 1.54) is 18.6 Å². The molecular formula is C14H17FO2. The molecule has 0 spiro atoms. The first kappa shape index (κ1) is 12.1. The molecule has 17 heavy (non-hydrogen) atoms. The largest absolute Gasteiger partial charge is 0.461 e. The van der Waals surface area contributed by atoms with Crippen LogP contribution in [-0.2, 0) is 16.1 Å². The van der Waals surface area contributed by atoms with Gasteiger partial charge in [-0.1, -0.05) is 31.4 Å². The first-order valence-electron chi connectivity index (χ1n) is 6.17. The van der Waals surface area contributed by atoms with Gasteiger partial charge in [-0.25, -0.2) is 4.39 Å². The molecule has 2 nitrogen and oxygen atoms in total. The molecule has 0 N–H and O–H groups in total. The number of ether oxygens (including phenoxy) is 1. The van der Waals surface area contributed by atoms with Crippen molar-refractivity contribution in [3.8, 4) is 0 Å². The lowest BCUT2D eigenvalue weighted by molar-refractivity contribution is -0.151. The van der Waals surface area contributed by atoms with E-state index in [4.69, 9.17) is 4.74 Å². The van der Waals surface area contributed by atoms with Crippen LogP contribution in [0.4, 0.5) is 4.39 Å². The van der Waals surface area contributed by atoms with Crippen LogP contribution >= 0.6 is 0 Å². The Kier molecular flexibility index (Phi) is 4.13. The summed E-state index contributed by atoms with van der Waals surface area (Å²) in [6, 6.07) is 6.16. The molecule has 1 aliphatic carbocycles. The Labute approximate surface area is 101 Å². The molecule has 0 aliphatic heterocycles. The lowest BCUT2D eigenvalue weighted by Crippen LogP contribution is -2.20. The van der Waals surface area contributed by atoms with Crippen LogP contribution in [0.15, 0.2) is 24.3 Å². The topological polar surface area (TPSA) is 26.3 Å². The third kappa shape index (κ3) is 3.55. The number of benzene rings is 1. The highest BCUT2D eigenvalue weighted by molar-refractivity contribution is 5.72. The number of carbonyl (C=O) groups is 1. The molecule has 92 valence electrons. The molecule has 1 saturated carbocycles. The van der Waals surface area contributed by atoms with Crippen molar-refractivity contribution in [3.05, 3.63) is 35.6 Å². The summed E-state index contributed by atoms with van der Waals surface area (Å²) in [5, 5.41) is 0. The third-order valence-electron chi connectivity index (χ3n) is 3.21. The maximum absolute atomic E-state index is 12.9. The summed E-state index contributed by atoms with van der Waals surface area (Å²) in [4.78, 5) is 11.7. The fourth-order valence-corrected chi connectivity index (χ4v) is 2.24. The van der Waals surface area contributed by atoms with Gasteiger partial charge < -0.3 is 4.74 Å². The lowest BCUT2D eigenvalue weighted by atomic mass is 9.89. The van der Waals surface area contributed by atoms with Crippen molar-refractivity contribution in [2.75, 3.05) is 0 Å². The second kappa shape index (κ2) is 5.80. The standard InChI is InChI=1S/C14H17FO2/c15-13-8-4-5-11(9-13)10-17-14(16)12-6-2-1-3-7-12/h4-5,8-9,12H,1-3,6-7,10H2. The zero-order chi connectivity index (χ0) is 12.1. The van der Waals surface area contributed by atoms with E-state index in [0.29, 0.717) is 5.56 Å². The predicted molar refractivity (Wildman–Crippen MR) is 62.8 cm³/mol. The normalized spacial score (nSPS) is 16.8. The van der Waals surface area contributed by atoms with E-state index in [1.54, 1.807) is 12.1 Å². The van der Waals surface area contributed by atoms with Crippen molar-refractivity contribution >= 4 is 5.97 Å². The molecule has 0 heterocycles. The first-order valence-corrected chi connectivity index (χ1v) is 6.17. The van der Waals surface area contributed by atoms with Crippen molar-refractivity contribution in [1.82, 2.24) is 0 Å². The van der Waals surface area contributed by atoms with E-state index >= 15 is 0 Å². The van der Waals surface area contributed by atoms with Gasteiger partial charge in [0.15, 0.2) is 0 Å². The van der Waals surface area contributed by atoms with Gasteiger partial charge in [-0.3, -0.25) is 4.79 Å². The van der Waals surface area contributed by atoms with Crippen molar-refractivity contribution in [3.63, 3.8) is 0 Å². The van der Waals surface area contributed by atoms with Crippen LogP contribution in [0.3, 0.4) is 0 Å². The number of esters is 1. The van der Waals surface area contributed by atoms with Gasteiger partial charge in [-0.15, -0.1) is 0 Å². The number of rotatable bonds is 3. The maximum atomic E-state index is 12.9. The molecule has 2 rings (SSSR count). The van der Waals surface area contributed by atoms with Crippen molar-refractivity contribution < 1.29 is 13.9 Å². The van der Waals surface area contributed by atoms with Gasteiger partial charge in [0.25, 0.3) is 0 Å². The van der Waals surface area contributed by atoms with Gasteiger partial charge >= 0.3 is 5.97 Å². The van der Waals surface area contributed by atoms with Crippen molar-refractivity contribution in [2.45, 2.75) is 38.7 Å². The van der Waals surface area contributed by atoms with Gasteiger partial charge in [0.2, 0.25) is 0 Å². The molecule has 0 saturated heterocycles. The number of carbonyl (C=O) groups excluding carboxylic acids is 1. The molecule has 1 aromatic rings. The average molecular weight is 236 g/mol. The summed E-state index contributed by atoms with van der Waals surface area (Å²) in [5.41, 5.74) is 0.703. The second-order valence-electron chi connectivity index (χ2n) is 4.57. The molecule has 0 aromatic heterocycles. The quantitative estimate of drug-likeness (QED) is 0.751. The summed E-state index contributed by atoms with van der Waals surface area (Å²) >= 11 is 0. The van der Waals surface area contributed by atoms with Crippen LogP contribution in [0.1, 0.15) is 37.7 Å². The Balaban J connectivity index is 1.83. The summed E-state index contributed by atoms with van der Waals surface area (Å²) in [6.07, 6.45) is 5.30. The Morgan fingerprint density at radius 3 is 2.76 bits per heavy atom. The third-order valence-corrected chi connectivity index (χ3v) is 3.21. The first-order chi connectivity index (χ1) is 8.25.